The van der Waals surface area contributed by atoms with Gasteiger partial charge < -0.3 is 5.32 Å². The van der Waals surface area contributed by atoms with Gasteiger partial charge in [0.1, 0.15) is 0 Å². The molecule has 1 rings (SSSR count). The summed E-state index contributed by atoms with van der Waals surface area (Å²) in [5, 5.41) is 3.06. The van der Waals surface area contributed by atoms with Crippen LogP contribution in [-0.2, 0) is 10.2 Å². The minimum absolute atomic E-state index is 0.457. The Bertz CT molecular complexity index is 210. The highest BCUT2D eigenvalue weighted by Gasteiger charge is 2.18. The first-order chi connectivity index (χ1) is 5.14. The zero-order chi connectivity index (χ0) is 8.32. The SMILES string of the molecule is CNS(=O)(=O)NCC1CNC1. The molecule has 5 nitrogen and oxygen atoms in total. The molecule has 0 radical (unpaired) electrons. The van der Waals surface area contributed by atoms with Crippen LogP contribution in [0.15, 0.2) is 0 Å². The molecule has 0 spiro atoms. The van der Waals surface area contributed by atoms with E-state index in [4.69, 9.17) is 0 Å². The molecule has 0 aromatic carbocycles. The molecule has 0 aromatic heterocycles. The first-order valence-electron chi connectivity index (χ1n) is 3.53. The molecule has 1 aliphatic rings. The molecule has 11 heavy (non-hydrogen) atoms. The van der Waals surface area contributed by atoms with E-state index in [0.29, 0.717) is 12.5 Å². The number of hydrogen-bond donors (Lipinski definition) is 3. The lowest BCUT2D eigenvalue weighted by Gasteiger charge is -2.26. The average Bonchev–Trinajstić information content (AvgIpc) is 1.84. The fourth-order valence-corrected chi connectivity index (χ4v) is 1.39. The smallest absolute Gasteiger partial charge is 0.276 e. The van der Waals surface area contributed by atoms with Crippen LogP contribution >= 0.6 is 0 Å². The highest BCUT2D eigenvalue weighted by Crippen LogP contribution is 1.99. The number of nitrogens with one attached hydrogen (secondary N) is 3. The van der Waals surface area contributed by atoms with Crippen molar-refractivity contribution in [3.8, 4) is 0 Å². The van der Waals surface area contributed by atoms with Crippen molar-refractivity contribution in [1.82, 2.24) is 14.8 Å². The third kappa shape index (κ3) is 2.74. The van der Waals surface area contributed by atoms with Crippen molar-refractivity contribution in [2.45, 2.75) is 0 Å². The molecule has 0 aromatic rings. The van der Waals surface area contributed by atoms with Crippen molar-refractivity contribution < 1.29 is 8.42 Å². The van der Waals surface area contributed by atoms with E-state index in [9.17, 15) is 8.42 Å². The van der Waals surface area contributed by atoms with Crippen LogP contribution in [0.4, 0.5) is 0 Å². The highest BCUT2D eigenvalue weighted by atomic mass is 32.2. The predicted molar refractivity (Wildman–Crippen MR) is 42.3 cm³/mol. The van der Waals surface area contributed by atoms with Gasteiger partial charge in [0.25, 0.3) is 10.2 Å². The standard InChI is InChI=1S/C5H13N3O2S/c1-6-11(9,10)8-4-5-2-7-3-5/h5-8H,2-4H2,1H3. The molecule has 1 aliphatic heterocycles. The van der Waals surface area contributed by atoms with Gasteiger partial charge in [0.15, 0.2) is 0 Å². The number of rotatable bonds is 4. The van der Waals surface area contributed by atoms with Crippen LogP contribution in [-0.4, -0.2) is 35.1 Å². The molecule has 66 valence electrons. The lowest BCUT2D eigenvalue weighted by molar-refractivity contribution is 0.347. The van der Waals surface area contributed by atoms with E-state index in [1.54, 1.807) is 0 Å². The van der Waals surface area contributed by atoms with E-state index in [1.165, 1.54) is 7.05 Å². The molecule has 0 saturated carbocycles. The van der Waals surface area contributed by atoms with Crippen LogP contribution in [0, 0.1) is 5.92 Å². The van der Waals surface area contributed by atoms with Crippen LogP contribution in [0.25, 0.3) is 0 Å². The van der Waals surface area contributed by atoms with Gasteiger partial charge in [-0.2, -0.15) is 8.42 Å². The molecule has 0 amide bonds. The first kappa shape index (κ1) is 8.92. The van der Waals surface area contributed by atoms with Gasteiger partial charge in [0, 0.05) is 26.7 Å². The normalized spacial score (nSPS) is 19.7. The fraction of sp³-hybridized carbons (Fsp3) is 1.00. The molecular formula is C5H13N3O2S. The molecule has 3 N–H and O–H groups in total. The van der Waals surface area contributed by atoms with Crippen molar-refractivity contribution in [3.05, 3.63) is 0 Å². The third-order valence-electron chi connectivity index (χ3n) is 1.70. The lowest BCUT2D eigenvalue weighted by atomic mass is 10.1. The zero-order valence-corrected chi connectivity index (χ0v) is 7.24. The lowest BCUT2D eigenvalue weighted by Crippen LogP contribution is -2.49. The monoisotopic (exact) mass is 179 g/mol. The van der Waals surface area contributed by atoms with Gasteiger partial charge >= 0.3 is 0 Å². The molecule has 0 aliphatic carbocycles. The molecule has 0 atom stereocenters. The topological polar surface area (TPSA) is 70.2 Å². The third-order valence-corrected chi connectivity index (χ3v) is 2.78. The zero-order valence-electron chi connectivity index (χ0n) is 6.42. The summed E-state index contributed by atoms with van der Waals surface area (Å²) in [5.74, 6) is 0.457. The minimum Gasteiger partial charge on any atom is -0.316 e. The molecule has 0 unspecified atom stereocenters. The van der Waals surface area contributed by atoms with Crippen molar-refractivity contribution in [2.24, 2.45) is 5.92 Å². The summed E-state index contributed by atoms with van der Waals surface area (Å²) in [4.78, 5) is 0. The summed E-state index contributed by atoms with van der Waals surface area (Å²) in [6.07, 6.45) is 0. The summed E-state index contributed by atoms with van der Waals surface area (Å²) in [6.45, 7) is 2.34. The van der Waals surface area contributed by atoms with Crippen LogP contribution < -0.4 is 14.8 Å². The second-order valence-electron chi connectivity index (χ2n) is 2.58. The Morgan fingerprint density at radius 1 is 1.55 bits per heavy atom. The van der Waals surface area contributed by atoms with Crippen molar-refractivity contribution in [1.29, 1.82) is 0 Å². The van der Waals surface area contributed by atoms with Crippen molar-refractivity contribution in [3.63, 3.8) is 0 Å². The van der Waals surface area contributed by atoms with Gasteiger partial charge in [-0.1, -0.05) is 0 Å². The van der Waals surface area contributed by atoms with E-state index in [-0.39, 0.29) is 0 Å². The maximum absolute atomic E-state index is 10.8. The fourth-order valence-electron chi connectivity index (χ4n) is 0.793. The molecule has 1 fully saturated rings. The highest BCUT2D eigenvalue weighted by molar-refractivity contribution is 7.87. The Labute approximate surface area is 66.7 Å². The summed E-state index contributed by atoms with van der Waals surface area (Å²) >= 11 is 0. The Kier molecular flexibility index (Phi) is 2.83. The average molecular weight is 179 g/mol. The Morgan fingerprint density at radius 2 is 2.18 bits per heavy atom. The van der Waals surface area contributed by atoms with Gasteiger partial charge in [-0.3, -0.25) is 0 Å². The van der Waals surface area contributed by atoms with Crippen LogP contribution in [0.2, 0.25) is 0 Å². The van der Waals surface area contributed by atoms with E-state index in [0.717, 1.165) is 13.1 Å². The van der Waals surface area contributed by atoms with Gasteiger partial charge in [-0.15, -0.1) is 0 Å². The van der Waals surface area contributed by atoms with Crippen molar-refractivity contribution >= 4 is 10.2 Å². The van der Waals surface area contributed by atoms with Crippen molar-refractivity contribution in [2.75, 3.05) is 26.7 Å². The Balaban J connectivity index is 2.20. The van der Waals surface area contributed by atoms with E-state index >= 15 is 0 Å². The Hall–Kier alpha value is -0.170. The van der Waals surface area contributed by atoms with E-state index < -0.39 is 10.2 Å². The van der Waals surface area contributed by atoms with E-state index in [2.05, 4.69) is 14.8 Å². The Morgan fingerprint density at radius 3 is 2.55 bits per heavy atom. The summed E-state index contributed by atoms with van der Waals surface area (Å²) in [6, 6.07) is 0. The molecule has 0 bridgehead atoms. The molecule has 1 heterocycles. The summed E-state index contributed by atoms with van der Waals surface area (Å²) in [7, 11) is -1.83. The van der Waals surface area contributed by atoms with Crippen LogP contribution in [0.3, 0.4) is 0 Å². The molecular weight excluding hydrogens is 166 g/mol. The second-order valence-corrected chi connectivity index (χ2v) is 4.28. The number of hydrogen-bond acceptors (Lipinski definition) is 3. The van der Waals surface area contributed by atoms with Gasteiger partial charge in [0.2, 0.25) is 0 Å². The first-order valence-corrected chi connectivity index (χ1v) is 5.01. The quantitative estimate of drug-likeness (QED) is 0.480. The van der Waals surface area contributed by atoms with Crippen LogP contribution in [0.1, 0.15) is 0 Å². The minimum atomic E-state index is -3.22. The van der Waals surface area contributed by atoms with Gasteiger partial charge in [-0.05, 0) is 5.92 Å². The second kappa shape index (κ2) is 3.48. The maximum atomic E-state index is 10.8. The van der Waals surface area contributed by atoms with Gasteiger partial charge in [-0.25, -0.2) is 9.44 Å². The maximum Gasteiger partial charge on any atom is 0.276 e. The molecule has 6 heteroatoms. The summed E-state index contributed by atoms with van der Waals surface area (Å²) in [5.41, 5.74) is 0. The predicted octanol–water partition coefficient (Wildman–Crippen LogP) is -1.74. The molecule has 1 saturated heterocycles. The largest absolute Gasteiger partial charge is 0.316 e. The van der Waals surface area contributed by atoms with Gasteiger partial charge in [0.05, 0.1) is 0 Å². The van der Waals surface area contributed by atoms with E-state index in [1.807, 2.05) is 0 Å². The summed E-state index contributed by atoms with van der Waals surface area (Å²) < 4.78 is 26.2. The van der Waals surface area contributed by atoms with Crippen LogP contribution in [0.5, 0.6) is 0 Å².